The fourth-order valence-electron chi connectivity index (χ4n) is 3.07. The zero-order valence-corrected chi connectivity index (χ0v) is 15.0. The van der Waals surface area contributed by atoms with Crippen LogP contribution >= 0.6 is 0 Å². The van der Waals surface area contributed by atoms with E-state index in [1.165, 1.54) is 24.3 Å². The van der Waals surface area contributed by atoms with Crippen LogP contribution in [0.1, 0.15) is 53.1 Å². The average molecular weight is 363 g/mol. The molecule has 0 bridgehead atoms. The van der Waals surface area contributed by atoms with E-state index in [1.54, 1.807) is 12.1 Å². The van der Waals surface area contributed by atoms with Gasteiger partial charge in [-0.15, -0.1) is 0 Å². The summed E-state index contributed by atoms with van der Waals surface area (Å²) in [5, 5.41) is 21.5. The third-order valence-electron chi connectivity index (χ3n) is 4.67. The lowest BCUT2D eigenvalue weighted by molar-refractivity contribution is 0.0809. The van der Waals surface area contributed by atoms with Crippen molar-refractivity contribution in [3.63, 3.8) is 0 Å². The summed E-state index contributed by atoms with van der Waals surface area (Å²) in [4.78, 5) is 17.0. The molecule has 0 amide bonds. The van der Waals surface area contributed by atoms with Crippen LogP contribution in [0, 0.1) is 22.6 Å². The van der Waals surface area contributed by atoms with Crippen LogP contribution in [0.2, 0.25) is 0 Å². The number of oxime groups is 1. The summed E-state index contributed by atoms with van der Waals surface area (Å²) in [6.07, 6.45) is 4.39. The van der Waals surface area contributed by atoms with E-state index in [2.05, 4.69) is 10.1 Å². The second-order valence-electron chi connectivity index (χ2n) is 7.11. The Bertz CT molecular complexity index is 1020. The van der Waals surface area contributed by atoms with Crippen LogP contribution in [-0.4, -0.2) is 21.7 Å². The first-order valence-corrected chi connectivity index (χ1v) is 8.50. The molecule has 0 spiro atoms. The average Bonchev–Trinajstić information content (AvgIpc) is 2.65. The fourth-order valence-corrected chi connectivity index (χ4v) is 3.07. The quantitative estimate of drug-likeness (QED) is 0.504. The van der Waals surface area contributed by atoms with E-state index < -0.39 is 11.2 Å². The third-order valence-corrected chi connectivity index (χ3v) is 4.67. The maximum atomic E-state index is 13.5. The molecule has 1 aromatic heterocycles. The number of nitriles is 1. The van der Waals surface area contributed by atoms with Crippen LogP contribution in [0.5, 0.6) is 0 Å². The maximum absolute atomic E-state index is 13.5. The van der Waals surface area contributed by atoms with Crippen molar-refractivity contribution in [3.8, 4) is 6.07 Å². The maximum Gasteiger partial charge on any atom is 0.170 e. The highest BCUT2D eigenvalue weighted by atomic mass is 19.1. The summed E-state index contributed by atoms with van der Waals surface area (Å²) in [7, 11) is 0. The standard InChI is InChI=1S/C21H18FN3O2/c1-21(2)8-7-17-16(20(21)26)4-6-18(24-17)19(25-27)5-3-13-9-14(12-23)11-15(22)10-13/h3-6,9-11,27H,7-8H2,1-2H3/b5-3+,25-19+. The van der Waals surface area contributed by atoms with Gasteiger partial charge in [0, 0.05) is 11.0 Å². The summed E-state index contributed by atoms with van der Waals surface area (Å²) in [6.45, 7) is 3.84. The van der Waals surface area contributed by atoms with Crippen molar-refractivity contribution in [2.75, 3.05) is 0 Å². The predicted molar refractivity (Wildman–Crippen MR) is 99.1 cm³/mol. The van der Waals surface area contributed by atoms with E-state index in [0.717, 1.165) is 6.07 Å². The Kier molecular flexibility index (Phi) is 4.87. The van der Waals surface area contributed by atoms with Crippen LogP contribution in [-0.2, 0) is 6.42 Å². The van der Waals surface area contributed by atoms with Crippen molar-refractivity contribution >= 4 is 17.6 Å². The van der Waals surface area contributed by atoms with Gasteiger partial charge in [0.25, 0.3) is 0 Å². The van der Waals surface area contributed by atoms with E-state index in [9.17, 15) is 14.4 Å². The molecule has 0 aliphatic heterocycles. The van der Waals surface area contributed by atoms with Gasteiger partial charge in [-0.25, -0.2) is 4.39 Å². The highest BCUT2D eigenvalue weighted by molar-refractivity contribution is 6.10. The molecule has 5 nitrogen and oxygen atoms in total. The molecule has 3 rings (SSSR count). The molecule has 1 aromatic carbocycles. The van der Waals surface area contributed by atoms with E-state index >= 15 is 0 Å². The molecule has 0 fully saturated rings. The Morgan fingerprint density at radius 2 is 2.15 bits per heavy atom. The predicted octanol–water partition coefficient (Wildman–Crippen LogP) is 4.14. The highest BCUT2D eigenvalue weighted by Crippen LogP contribution is 2.33. The second-order valence-corrected chi connectivity index (χ2v) is 7.11. The Balaban J connectivity index is 1.91. The number of fused-ring (bicyclic) bond motifs is 1. The number of carbonyl (C=O) groups excluding carboxylic acids is 1. The van der Waals surface area contributed by atoms with Gasteiger partial charge in [-0.1, -0.05) is 25.1 Å². The Morgan fingerprint density at radius 3 is 2.85 bits per heavy atom. The fraction of sp³-hybridized carbons (Fsp3) is 0.238. The van der Waals surface area contributed by atoms with Crippen molar-refractivity contribution in [2.45, 2.75) is 26.7 Å². The summed E-state index contributed by atoms with van der Waals surface area (Å²) < 4.78 is 13.5. The molecule has 2 aromatic rings. The molecule has 0 saturated heterocycles. The lowest BCUT2D eigenvalue weighted by atomic mass is 9.75. The molecule has 6 heteroatoms. The molecule has 1 heterocycles. The lowest BCUT2D eigenvalue weighted by Gasteiger charge is -2.29. The molecule has 1 aliphatic rings. The van der Waals surface area contributed by atoms with Gasteiger partial charge in [0.2, 0.25) is 0 Å². The SMILES string of the molecule is CC1(C)CCc2nc(C(/C=C/c3cc(F)cc(C#N)c3)=N/O)ccc2C1=O. The summed E-state index contributed by atoms with van der Waals surface area (Å²) in [5.74, 6) is -0.464. The third kappa shape index (κ3) is 3.77. The first-order chi connectivity index (χ1) is 12.8. The van der Waals surface area contributed by atoms with Gasteiger partial charge < -0.3 is 5.21 Å². The van der Waals surface area contributed by atoms with Crippen molar-refractivity contribution in [3.05, 3.63) is 70.3 Å². The van der Waals surface area contributed by atoms with Crippen molar-refractivity contribution in [1.29, 1.82) is 5.26 Å². The zero-order valence-electron chi connectivity index (χ0n) is 15.0. The minimum absolute atomic E-state index is 0.0598. The smallest absolute Gasteiger partial charge is 0.170 e. The van der Waals surface area contributed by atoms with Gasteiger partial charge in [0.05, 0.1) is 23.0 Å². The number of hydrogen-bond donors (Lipinski definition) is 1. The van der Waals surface area contributed by atoms with Gasteiger partial charge in [-0.3, -0.25) is 9.78 Å². The number of rotatable bonds is 3. The topological polar surface area (TPSA) is 86.3 Å². The molecular formula is C21H18FN3O2. The van der Waals surface area contributed by atoms with E-state index in [0.29, 0.717) is 35.4 Å². The monoisotopic (exact) mass is 363 g/mol. The van der Waals surface area contributed by atoms with Crippen molar-refractivity contribution < 1.29 is 14.4 Å². The normalized spacial score (nSPS) is 16.2. The van der Waals surface area contributed by atoms with Crippen molar-refractivity contribution in [1.82, 2.24) is 4.98 Å². The van der Waals surface area contributed by atoms with Crippen LogP contribution in [0.15, 0.2) is 41.6 Å². The molecule has 27 heavy (non-hydrogen) atoms. The first-order valence-electron chi connectivity index (χ1n) is 8.50. The van der Waals surface area contributed by atoms with Crippen LogP contribution in [0.4, 0.5) is 4.39 Å². The highest BCUT2D eigenvalue weighted by Gasteiger charge is 2.34. The first kappa shape index (κ1) is 18.5. The van der Waals surface area contributed by atoms with Gasteiger partial charge in [0.15, 0.2) is 5.78 Å². The van der Waals surface area contributed by atoms with E-state index in [-0.39, 0.29) is 17.1 Å². The number of nitrogens with zero attached hydrogens (tertiary/aromatic N) is 3. The Hall–Kier alpha value is -3.33. The molecule has 0 unspecified atom stereocenters. The number of aromatic nitrogens is 1. The zero-order chi connectivity index (χ0) is 19.6. The summed E-state index contributed by atoms with van der Waals surface area (Å²) >= 11 is 0. The minimum Gasteiger partial charge on any atom is -0.410 e. The second kappa shape index (κ2) is 7.12. The van der Waals surface area contributed by atoms with Crippen molar-refractivity contribution in [2.24, 2.45) is 10.6 Å². The van der Waals surface area contributed by atoms with Gasteiger partial charge in [-0.05, 0) is 54.8 Å². The number of ketones is 1. The van der Waals surface area contributed by atoms with Crippen LogP contribution in [0.25, 0.3) is 6.08 Å². The number of hydrogen-bond acceptors (Lipinski definition) is 5. The Labute approximate surface area is 156 Å². The summed E-state index contributed by atoms with van der Waals surface area (Å²) in [5.41, 5.74) is 2.13. The lowest BCUT2D eigenvalue weighted by Crippen LogP contribution is -2.31. The molecule has 136 valence electrons. The molecule has 0 atom stereocenters. The van der Waals surface area contributed by atoms with Gasteiger partial charge in [-0.2, -0.15) is 5.26 Å². The number of benzene rings is 1. The molecule has 1 aliphatic carbocycles. The molecule has 0 radical (unpaired) electrons. The van der Waals surface area contributed by atoms with E-state index in [4.69, 9.17) is 5.26 Å². The van der Waals surface area contributed by atoms with Gasteiger partial charge >= 0.3 is 0 Å². The number of Topliss-reactive ketones (excluding diaryl/α,β-unsaturated/α-hetero) is 1. The van der Waals surface area contributed by atoms with E-state index in [1.807, 2.05) is 19.9 Å². The minimum atomic E-state index is -0.524. The molecular weight excluding hydrogens is 345 g/mol. The number of carbonyl (C=O) groups is 1. The molecule has 1 N–H and O–H groups in total. The van der Waals surface area contributed by atoms with Gasteiger partial charge in [0.1, 0.15) is 11.5 Å². The number of allylic oxidation sites excluding steroid dienone is 1. The van der Waals surface area contributed by atoms with Crippen LogP contribution in [0.3, 0.4) is 0 Å². The van der Waals surface area contributed by atoms with Crippen LogP contribution < -0.4 is 0 Å². The largest absolute Gasteiger partial charge is 0.410 e. The number of aryl methyl sites for hydroxylation is 1. The molecule has 0 saturated carbocycles. The number of pyridine rings is 1. The summed E-state index contributed by atoms with van der Waals surface area (Å²) in [6, 6.07) is 9.16. The number of halogens is 1. The Morgan fingerprint density at radius 1 is 1.37 bits per heavy atom.